The van der Waals surface area contributed by atoms with Crippen molar-refractivity contribution in [1.29, 1.82) is 0 Å². The van der Waals surface area contributed by atoms with Crippen LogP contribution in [0.2, 0.25) is 0 Å². The van der Waals surface area contributed by atoms with Crippen molar-refractivity contribution in [2.75, 3.05) is 13.1 Å². The van der Waals surface area contributed by atoms with Crippen LogP contribution in [0.15, 0.2) is 40.9 Å². The minimum Gasteiger partial charge on any atom is -0.367 e. The zero-order valence-electron chi connectivity index (χ0n) is 18.2. The van der Waals surface area contributed by atoms with E-state index in [0.29, 0.717) is 37.8 Å². The number of nitrogens with zero attached hydrogens (tertiary/aromatic N) is 5. The third-order valence-corrected chi connectivity index (χ3v) is 5.60. The van der Waals surface area contributed by atoms with Crippen LogP contribution in [0.1, 0.15) is 53.8 Å². The fourth-order valence-corrected chi connectivity index (χ4v) is 4.00. The highest BCUT2D eigenvalue weighted by atomic mass is 16.5. The highest BCUT2D eigenvalue weighted by Gasteiger charge is 2.28. The Bertz CT molecular complexity index is 998. The number of aromatic nitrogens is 4. The first-order valence-electron chi connectivity index (χ1n) is 10.8. The Morgan fingerprint density at radius 2 is 2.06 bits per heavy atom. The molecule has 3 aromatic rings. The number of likely N-dealkylation sites (tertiary alicyclic amines) is 1. The van der Waals surface area contributed by atoms with Gasteiger partial charge >= 0.3 is 0 Å². The highest BCUT2D eigenvalue weighted by molar-refractivity contribution is 5.76. The van der Waals surface area contributed by atoms with E-state index in [9.17, 15) is 4.79 Å². The fourth-order valence-electron chi connectivity index (χ4n) is 4.00. The largest absolute Gasteiger partial charge is 0.367 e. The zero-order valence-corrected chi connectivity index (χ0v) is 18.2. The predicted octanol–water partition coefficient (Wildman–Crippen LogP) is 3.40. The van der Waals surface area contributed by atoms with Crippen molar-refractivity contribution in [3.8, 4) is 0 Å². The standard InChI is InChI=1S/C23H29N5O3/c1-17-13-18(2)28(25-17)12-10-22(29)27-11-6-9-20(14-27)23-24-21(31-26-23)16-30-15-19-7-4-3-5-8-19/h3-5,7-8,13,20H,6,9-12,14-16H2,1-2H3. The molecule has 1 saturated heterocycles. The Morgan fingerprint density at radius 3 is 2.84 bits per heavy atom. The quantitative estimate of drug-likeness (QED) is 0.552. The van der Waals surface area contributed by atoms with Gasteiger partial charge in [0.1, 0.15) is 6.61 Å². The molecule has 4 rings (SSSR count). The summed E-state index contributed by atoms with van der Waals surface area (Å²) in [7, 11) is 0. The van der Waals surface area contributed by atoms with Crippen molar-refractivity contribution >= 4 is 5.91 Å². The molecule has 1 fully saturated rings. The first-order chi connectivity index (χ1) is 15.1. The number of amides is 1. The lowest BCUT2D eigenvalue weighted by molar-refractivity contribution is -0.132. The Hall–Kier alpha value is -3.00. The van der Waals surface area contributed by atoms with Crippen molar-refractivity contribution in [2.24, 2.45) is 0 Å². The van der Waals surface area contributed by atoms with E-state index >= 15 is 0 Å². The van der Waals surface area contributed by atoms with Crippen LogP contribution < -0.4 is 0 Å². The van der Waals surface area contributed by atoms with Crippen LogP contribution in [0.3, 0.4) is 0 Å². The van der Waals surface area contributed by atoms with Crippen LogP contribution in [-0.4, -0.2) is 43.8 Å². The van der Waals surface area contributed by atoms with E-state index < -0.39 is 0 Å². The van der Waals surface area contributed by atoms with Crippen LogP contribution in [0.25, 0.3) is 0 Å². The lowest BCUT2D eigenvalue weighted by Gasteiger charge is -2.31. The van der Waals surface area contributed by atoms with E-state index in [0.717, 1.165) is 36.3 Å². The van der Waals surface area contributed by atoms with Crippen LogP contribution in [-0.2, 0) is 29.3 Å². The smallest absolute Gasteiger partial charge is 0.252 e. The molecule has 2 aromatic heterocycles. The van der Waals surface area contributed by atoms with Crippen molar-refractivity contribution in [3.63, 3.8) is 0 Å². The maximum atomic E-state index is 12.7. The molecule has 0 saturated carbocycles. The number of hydrogen-bond donors (Lipinski definition) is 0. The minimum absolute atomic E-state index is 0.0954. The summed E-state index contributed by atoms with van der Waals surface area (Å²) in [5.41, 5.74) is 3.16. The molecule has 1 aliphatic heterocycles. The zero-order chi connectivity index (χ0) is 21.6. The van der Waals surface area contributed by atoms with Crippen molar-refractivity contribution in [2.45, 2.75) is 58.8 Å². The Balaban J connectivity index is 1.27. The topological polar surface area (TPSA) is 86.3 Å². The number of hydrogen-bond acceptors (Lipinski definition) is 6. The number of rotatable bonds is 8. The molecule has 31 heavy (non-hydrogen) atoms. The van der Waals surface area contributed by atoms with Gasteiger partial charge in [-0.1, -0.05) is 35.5 Å². The summed E-state index contributed by atoms with van der Waals surface area (Å²) >= 11 is 0. The van der Waals surface area contributed by atoms with Crippen molar-refractivity contribution in [3.05, 3.63) is 65.1 Å². The van der Waals surface area contributed by atoms with Gasteiger partial charge in [-0.05, 0) is 38.3 Å². The number of benzene rings is 1. The average Bonchev–Trinajstić information content (AvgIpc) is 3.38. The van der Waals surface area contributed by atoms with Gasteiger partial charge in [0.15, 0.2) is 5.82 Å². The second kappa shape index (κ2) is 9.87. The summed E-state index contributed by atoms with van der Waals surface area (Å²) in [5.74, 6) is 1.37. The van der Waals surface area contributed by atoms with Crippen molar-refractivity contribution < 1.29 is 14.1 Å². The van der Waals surface area contributed by atoms with E-state index in [2.05, 4.69) is 15.2 Å². The minimum atomic E-state index is 0.0954. The number of piperidine rings is 1. The molecule has 8 nitrogen and oxygen atoms in total. The molecule has 1 aliphatic rings. The first-order valence-corrected chi connectivity index (χ1v) is 10.8. The van der Waals surface area contributed by atoms with E-state index in [1.54, 1.807) is 0 Å². The molecule has 1 atom stereocenters. The highest BCUT2D eigenvalue weighted by Crippen LogP contribution is 2.25. The Labute approximate surface area is 182 Å². The van der Waals surface area contributed by atoms with E-state index in [1.807, 2.05) is 59.8 Å². The number of ether oxygens (including phenoxy) is 1. The second-order valence-corrected chi connectivity index (χ2v) is 8.10. The summed E-state index contributed by atoms with van der Waals surface area (Å²) in [4.78, 5) is 19.2. The molecule has 0 N–H and O–H groups in total. The monoisotopic (exact) mass is 423 g/mol. The maximum Gasteiger partial charge on any atom is 0.252 e. The lowest BCUT2D eigenvalue weighted by Crippen LogP contribution is -2.39. The molecule has 3 heterocycles. The summed E-state index contributed by atoms with van der Waals surface area (Å²) in [5, 5.41) is 8.59. The number of carbonyl (C=O) groups is 1. The van der Waals surface area contributed by atoms with Gasteiger partial charge in [-0.15, -0.1) is 0 Å². The second-order valence-electron chi connectivity index (χ2n) is 8.10. The molecule has 1 aromatic carbocycles. The molecule has 0 spiro atoms. The van der Waals surface area contributed by atoms with Gasteiger partial charge < -0.3 is 14.2 Å². The molecule has 0 radical (unpaired) electrons. The third-order valence-electron chi connectivity index (χ3n) is 5.60. The molecule has 8 heteroatoms. The van der Waals surface area contributed by atoms with E-state index in [4.69, 9.17) is 9.26 Å². The molecule has 164 valence electrons. The van der Waals surface area contributed by atoms with Crippen LogP contribution >= 0.6 is 0 Å². The Kier molecular flexibility index (Phi) is 6.76. The van der Waals surface area contributed by atoms with Crippen LogP contribution in [0, 0.1) is 13.8 Å². The van der Waals surface area contributed by atoms with E-state index in [-0.39, 0.29) is 18.4 Å². The van der Waals surface area contributed by atoms with E-state index in [1.165, 1.54) is 0 Å². The predicted molar refractivity (Wildman–Crippen MR) is 114 cm³/mol. The van der Waals surface area contributed by atoms with Gasteiger partial charge in [-0.25, -0.2) is 0 Å². The Morgan fingerprint density at radius 1 is 1.23 bits per heavy atom. The molecular weight excluding hydrogens is 394 g/mol. The molecule has 1 unspecified atom stereocenters. The average molecular weight is 424 g/mol. The molecule has 0 bridgehead atoms. The summed E-state index contributed by atoms with van der Waals surface area (Å²) in [6.07, 6.45) is 2.33. The van der Waals surface area contributed by atoms with Gasteiger partial charge in [-0.2, -0.15) is 10.1 Å². The lowest BCUT2D eigenvalue weighted by atomic mass is 9.97. The van der Waals surface area contributed by atoms with Crippen molar-refractivity contribution in [1.82, 2.24) is 24.8 Å². The molecule has 0 aliphatic carbocycles. The fraction of sp³-hybridized carbons (Fsp3) is 0.478. The van der Waals surface area contributed by atoms with Gasteiger partial charge in [0, 0.05) is 37.7 Å². The van der Waals surface area contributed by atoms with Crippen LogP contribution in [0.5, 0.6) is 0 Å². The third kappa shape index (κ3) is 5.58. The number of carbonyl (C=O) groups excluding carboxylic acids is 1. The molecular formula is C23H29N5O3. The summed E-state index contributed by atoms with van der Waals surface area (Å²) in [6.45, 7) is 6.76. The molecule has 1 amide bonds. The SMILES string of the molecule is Cc1cc(C)n(CCC(=O)N2CCCC(c3noc(COCc4ccccc4)n3)C2)n1. The van der Waals surface area contributed by atoms with Gasteiger partial charge in [0.25, 0.3) is 5.89 Å². The summed E-state index contributed by atoms with van der Waals surface area (Å²) < 4.78 is 13.0. The normalized spacial score (nSPS) is 16.6. The van der Waals surface area contributed by atoms with Gasteiger partial charge in [0.05, 0.1) is 12.3 Å². The van der Waals surface area contributed by atoms with Gasteiger partial charge in [-0.3, -0.25) is 9.48 Å². The van der Waals surface area contributed by atoms with Crippen LogP contribution in [0.4, 0.5) is 0 Å². The summed E-state index contributed by atoms with van der Waals surface area (Å²) in [6, 6.07) is 12.0. The van der Waals surface area contributed by atoms with Gasteiger partial charge in [0.2, 0.25) is 5.91 Å². The first kappa shape index (κ1) is 21.2. The number of aryl methyl sites for hydroxylation is 3. The maximum absolute atomic E-state index is 12.7.